The second kappa shape index (κ2) is 2.88. The molecule has 0 unspecified atom stereocenters. The molecule has 0 amide bonds. The van der Waals surface area contributed by atoms with E-state index in [2.05, 4.69) is 4.84 Å². The zero-order valence-electron chi connectivity index (χ0n) is 5.94. The summed E-state index contributed by atoms with van der Waals surface area (Å²) in [6.07, 6.45) is 1.45. The first-order chi connectivity index (χ1) is 5.29. The summed E-state index contributed by atoms with van der Waals surface area (Å²) in [4.78, 5) is 15.7. The van der Waals surface area contributed by atoms with Crippen molar-refractivity contribution in [2.45, 2.75) is 0 Å². The third-order valence-corrected chi connectivity index (χ3v) is 1.23. The van der Waals surface area contributed by atoms with Gasteiger partial charge in [0.05, 0.1) is 0 Å². The predicted molar refractivity (Wildman–Crippen MR) is 37.9 cm³/mol. The fourth-order valence-electron chi connectivity index (χ4n) is 0.704. The van der Waals surface area contributed by atoms with Crippen molar-refractivity contribution in [2.24, 2.45) is 0 Å². The number of nitrogens with zero attached hydrogens (tertiary/aromatic N) is 2. The van der Waals surface area contributed by atoms with E-state index in [0.717, 1.165) is 4.73 Å². The predicted octanol–water partition coefficient (Wildman–Crippen LogP) is -0.222. The highest BCUT2D eigenvalue weighted by Crippen LogP contribution is 1.86. The van der Waals surface area contributed by atoms with Crippen LogP contribution in [-0.4, -0.2) is 11.8 Å². The molecular weight excluding hydrogens is 144 g/mol. The highest BCUT2D eigenvalue weighted by molar-refractivity contribution is 5.24. The first-order valence-corrected chi connectivity index (χ1v) is 2.96. The molecule has 56 valence electrons. The number of hydrogen-bond acceptors (Lipinski definition) is 3. The number of nitriles is 1. The van der Waals surface area contributed by atoms with E-state index in [9.17, 15) is 4.79 Å². The van der Waals surface area contributed by atoms with Gasteiger partial charge < -0.3 is 4.84 Å². The lowest BCUT2D eigenvalue weighted by Gasteiger charge is -2.00. The highest BCUT2D eigenvalue weighted by atomic mass is 16.6. The van der Waals surface area contributed by atoms with Gasteiger partial charge in [-0.3, -0.25) is 4.79 Å². The zero-order chi connectivity index (χ0) is 8.27. The molecule has 0 N–H and O–H groups in total. The molecule has 0 aliphatic heterocycles. The van der Waals surface area contributed by atoms with Gasteiger partial charge in [-0.15, -0.1) is 0 Å². The third kappa shape index (κ3) is 1.22. The average molecular weight is 150 g/mol. The van der Waals surface area contributed by atoms with E-state index in [4.69, 9.17) is 5.26 Å². The van der Waals surface area contributed by atoms with Crippen molar-refractivity contribution in [2.75, 3.05) is 7.11 Å². The Kier molecular flexibility index (Phi) is 1.93. The minimum Gasteiger partial charge on any atom is -0.414 e. The van der Waals surface area contributed by atoms with Gasteiger partial charge in [-0.25, -0.2) is 0 Å². The van der Waals surface area contributed by atoms with Gasteiger partial charge in [-0.1, -0.05) is 0 Å². The quantitative estimate of drug-likeness (QED) is 0.556. The van der Waals surface area contributed by atoms with Crippen molar-refractivity contribution in [3.05, 3.63) is 34.2 Å². The molecule has 0 atom stereocenters. The number of pyridine rings is 1. The van der Waals surface area contributed by atoms with Gasteiger partial charge in [0.2, 0.25) is 0 Å². The molecule has 0 aromatic carbocycles. The Morgan fingerprint density at radius 2 is 2.45 bits per heavy atom. The molecule has 0 aliphatic rings. The molecule has 1 heterocycles. The van der Waals surface area contributed by atoms with Crippen LogP contribution in [0, 0.1) is 11.3 Å². The van der Waals surface area contributed by atoms with E-state index in [1.807, 2.05) is 0 Å². The normalized spacial score (nSPS) is 8.73. The van der Waals surface area contributed by atoms with Gasteiger partial charge in [0, 0.05) is 6.20 Å². The minimum atomic E-state index is -0.433. The molecule has 1 rings (SSSR count). The van der Waals surface area contributed by atoms with Crippen molar-refractivity contribution in [3.63, 3.8) is 0 Å². The first kappa shape index (κ1) is 7.35. The van der Waals surface area contributed by atoms with Crippen LogP contribution in [0.1, 0.15) is 5.56 Å². The maximum atomic E-state index is 11.0. The fourth-order valence-corrected chi connectivity index (χ4v) is 0.704. The van der Waals surface area contributed by atoms with Gasteiger partial charge in [0.15, 0.2) is 0 Å². The van der Waals surface area contributed by atoms with Gasteiger partial charge in [0.1, 0.15) is 18.7 Å². The molecule has 4 nitrogen and oxygen atoms in total. The van der Waals surface area contributed by atoms with Crippen LogP contribution in [0.25, 0.3) is 0 Å². The average Bonchev–Trinajstić information content (AvgIpc) is 2.05. The molecule has 11 heavy (non-hydrogen) atoms. The summed E-state index contributed by atoms with van der Waals surface area (Å²) >= 11 is 0. The highest BCUT2D eigenvalue weighted by Gasteiger charge is 1.99. The Morgan fingerprint density at radius 3 is 3.00 bits per heavy atom. The van der Waals surface area contributed by atoms with Gasteiger partial charge in [-0.2, -0.15) is 9.99 Å². The zero-order valence-corrected chi connectivity index (χ0v) is 5.94. The summed E-state index contributed by atoms with van der Waals surface area (Å²) in [5.41, 5.74) is -0.355. The van der Waals surface area contributed by atoms with Crippen molar-refractivity contribution < 1.29 is 4.84 Å². The molecular formula is C7H6N2O2. The van der Waals surface area contributed by atoms with E-state index in [1.54, 1.807) is 12.1 Å². The lowest BCUT2D eigenvalue weighted by molar-refractivity contribution is 0.157. The van der Waals surface area contributed by atoms with E-state index in [1.165, 1.54) is 19.4 Å². The lowest BCUT2D eigenvalue weighted by Crippen LogP contribution is -2.25. The number of hydrogen-bond donors (Lipinski definition) is 0. The standard InChI is InChI=1S/C7H6N2O2/c1-11-9-4-2-3-6(5-8)7(9)10/h2-4H,1H3. The molecule has 0 aliphatic carbocycles. The maximum absolute atomic E-state index is 11.0. The molecule has 0 saturated heterocycles. The Labute approximate surface area is 63.2 Å². The van der Waals surface area contributed by atoms with E-state index >= 15 is 0 Å². The topological polar surface area (TPSA) is 55.0 Å². The summed E-state index contributed by atoms with van der Waals surface area (Å²) in [6.45, 7) is 0. The maximum Gasteiger partial charge on any atom is 0.300 e. The Hall–Kier alpha value is -1.76. The second-order valence-corrected chi connectivity index (χ2v) is 1.85. The minimum absolute atomic E-state index is 0.0781. The Balaban J connectivity index is 3.36. The van der Waals surface area contributed by atoms with Crippen LogP contribution in [0.4, 0.5) is 0 Å². The summed E-state index contributed by atoms with van der Waals surface area (Å²) in [7, 11) is 1.36. The molecule has 0 fully saturated rings. The summed E-state index contributed by atoms with van der Waals surface area (Å²) in [5, 5.41) is 8.42. The molecule has 1 aromatic rings. The van der Waals surface area contributed by atoms with Crippen LogP contribution in [0.5, 0.6) is 0 Å². The first-order valence-electron chi connectivity index (χ1n) is 2.96. The van der Waals surface area contributed by atoms with E-state index < -0.39 is 5.56 Å². The molecule has 0 spiro atoms. The van der Waals surface area contributed by atoms with Crippen LogP contribution in [0.15, 0.2) is 23.1 Å². The number of rotatable bonds is 1. The summed E-state index contributed by atoms with van der Waals surface area (Å²) in [6, 6.07) is 4.77. The number of aromatic nitrogens is 1. The summed E-state index contributed by atoms with van der Waals surface area (Å²) < 4.78 is 0.999. The van der Waals surface area contributed by atoms with Crippen LogP contribution in [-0.2, 0) is 0 Å². The monoisotopic (exact) mass is 150 g/mol. The van der Waals surface area contributed by atoms with E-state index in [0.29, 0.717) is 0 Å². The molecule has 0 saturated carbocycles. The molecule has 4 heteroatoms. The van der Waals surface area contributed by atoms with Gasteiger partial charge in [0.25, 0.3) is 0 Å². The lowest BCUT2D eigenvalue weighted by atomic mass is 10.3. The SMILES string of the molecule is COn1cccc(C#N)c1=O. The van der Waals surface area contributed by atoms with Crippen LogP contribution in [0.3, 0.4) is 0 Å². The van der Waals surface area contributed by atoms with Crippen LogP contribution in [0.2, 0.25) is 0 Å². The van der Waals surface area contributed by atoms with Crippen molar-refractivity contribution >= 4 is 0 Å². The molecule has 0 radical (unpaired) electrons. The Bertz CT molecular complexity index is 348. The fraction of sp³-hybridized carbons (Fsp3) is 0.143. The smallest absolute Gasteiger partial charge is 0.300 e. The van der Waals surface area contributed by atoms with Crippen molar-refractivity contribution in [1.82, 2.24) is 4.73 Å². The van der Waals surface area contributed by atoms with Crippen molar-refractivity contribution in [3.8, 4) is 6.07 Å². The van der Waals surface area contributed by atoms with Crippen molar-refractivity contribution in [1.29, 1.82) is 5.26 Å². The molecule has 1 aromatic heterocycles. The van der Waals surface area contributed by atoms with E-state index in [-0.39, 0.29) is 5.56 Å². The second-order valence-electron chi connectivity index (χ2n) is 1.85. The third-order valence-electron chi connectivity index (χ3n) is 1.23. The largest absolute Gasteiger partial charge is 0.414 e. The summed E-state index contributed by atoms with van der Waals surface area (Å²) in [5.74, 6) is 0. The Morgan fingerprint density at radius 1 is 1.73 bits per heavy atom. The van der Waals surface area contributed by atoms with Gasteiger partial charge in [-0.05, 0) is 12.1 Å². The molecule has 0 bridgehead atoms. The van der Waals surface area contributed by atoms with Gasteiger partial charge >= 0.3 is 5.56 Å². The van der Waals surface area contributed by atoms with Crippen LogP contribution < -0.4 is 10.4 Å². The van der Waals surface area contributed by atoms with Crippen LogP contribution >= 0.6 is 0 Å².